The molecule has 0 spiro atoms. The maximum absolute atomic E-state index is 11.7. The standard InChI is InChI=1S/C12H18N2O2S/c1-9-13-10(8-17-9)7-14-6-4-3-5-11(14)12(15)16-2/h8,11H,3-7H2,1-2H3. The van der Waals surface area contributed by atoms with Gasteiger partial charge in [-0.1, -0.05) is 6.42 Å². The van der Waals surface area contributed by atoms with E-state index in [-0.39, 0.29) is 12.0 Å². The minimum atomic E-state index is -0.114. The average Bonchev–Trinajstić information content (AvgIpc) is 2.74. The molecule has 17 heavy (non-hydrogen) atoms. The third kappa shape index (κ3) is 3.04. The molecule has 1 aliphatic heterocycles. The van der Waals surface area contributed by atoms with Gasteiger partial charge in [-0.15, -0.1) is 11.3 Å². The minimum Gasteiger partial charge on any atom is -0.468 e. The molecule has 1 fully saturated rings. The van der Waals surface area contributed by atoms with E-state index >= 15 is 0 Å². The number of rotatable bonds is 3. The summed E-state index contributed by atoms with van der Waals surface area (Å²) in [6.45, 7) is 3.71. The Morgan fingerprint density at radius 3 is 3.12 bits per heavy atom. The number of aromatic nitrogens is 1. The number of likely N-dealkylation sites (tertiary alicyclic amines) is 1. The molecule has 0 bridgehead atoms. The lowest BCUT2D eigenvalue weighted by atomic mass is 10.0. The van der Waals surface area contributed by atoms with Crippen molar-refractivity contribution >= 4 is 17.3 Å². The second-order valence-corrected chi connectivity index (χ2v) is 5.43. The van der Waals surface area contributed by atoms with Crippen LogP contribution in [0.4, 0.5) is 0 Å². The SMILES string of the molecule is COC(=O)C1CCCCN1Cc1csc(C)n1. The maximum Gasteiger partial charge on any atom is 0.323 e. The summed E-state index contributed by atoms with van der Waals surface area (Å²) in [5.41, 5.74) is 1.06. The first-order chi connectivity index (χ1) is 8.20. The number of esters is 1. The molecule has 0 aromatic carbocycles. The molecule has 1 unspecified atom stereocenters. The van der Waals surface area contributed by atoms with Gasteiger partial charge < -0.3 is 4.74 Å². The first-order valence-electron chi connectivity index (χ1n) is 5.93. The largest absolute Gasteiger partial charge is 0.468 e. The highest BCUT2D eigenvalue weighted by Gasteiger charge is 2.29. The number of aryl methyl sites for hydroxylation is 1. The van der Waals surface area contributed by atoms with Crippen LogP contribution in [0.5, 0.6) is 0 Å². The number of piperidine rings is 1. The second kappa shape index (κ2) is 5.60. The monoisotopic (exact) mass is 254 g/mol. The third-order valence-electron chi connectivity index (χ3n) is 3.12. The van der Waals surface area contributed by atoms with Crippen LogP contribution in [0.3, 0.4) is 0 Å². The van der Waals surface area contributed by atoms with Gasteiger partial charge in [0.05, 0.1) is 17.8 Å². The van der Waals surface area contributed by atoms with Gasteiger partial charge in [0.2, 0.25) is 0 Å². The molecule has 1 atom stereocenters. The van der Waals surface area contributed by atoms with E-state index in [2.05, 4.69) is 15.3 Å². The van der Waals surface area contributed by atoms with E-state index in [0.29, 0.717) is 0 Å². The summed E-state index contributed by atoms with van der Waals surface area (Å²) in [5, 5.41) is 3.14. The van der Waals surface area contributed by atoms with Crippen LogP contribution >= 0.6 is 11.3 Å². The normalized spacial score (nSPS) is 21.4. The summed E-state index contributed by atoms with van der Waals surface area (Å²) >= 11 is 1.65. The number of thiazole rings is 1. The summed E-state index contributed by atoms with van der Waals surface area (Å²) < 4.78 is 4.86. The lowest BCUT2D eigenvalue weighted by Gasteiger charge is -2.33. The van der Waals surface area contributed by atoms with Crippen molar-refractivity contribution < 1.29 is 9.53 Å². The van der Waals surface area contributed by atoms with E-state index in [1.807, 2.05) is 6.92 Å². The molecule has 1 aromatic rings. The highest BCUT2D eigenvalue weighted by molar-refractivity contribution is 7.09. The number of nitrogens with zero attached hydrogens (tertiary/aromatic N) is 2. The Kier molecular flexibility index (Phi) is 4.12. The number of ether oxygens (including phenoxy) is 1. The molecular formula is C12H18N2O2S. The van der Waals surface area contributed by atoms with Crippen molar-refractivity contribution in [2.45, 2.75) is 38.8 Å². The van der Waals surface area contributed by atoms with Crippen LogP contribution in [0.1, 0.15) is 30.0 Å². The second-order valence-electron chi connectivity index (χ2n) is 4.36. The Hall–Kier alpha value is -0.940. The molecule has 4 nitrogen and oxygen atoms in total. The van der Waals surface area contributed by atoms with Gasteiger partial charge in [0, 0.05) is 11.9 Å². The molecule has 1 aromatic heterocycles. The highest BCUT2D eigenvalue weighted by atomic mass is 32.1. The number of hydrogen-bond donors (Lipinski definition) is 0. The summed E-state index contributed by atoms with van der Waals surface area (Å²) in [6, 6.07) is -0.0873. The van der Waals surface area contributed by atoms with Crippen LogP contribution in [-0.4, -0.2) is 35.5 Å². The van der Waals surface area contributed by atoms with E-state index in [0.717, 1.165) is 43.1 Å². The molecule has 2 rings (SSSR count). The van der Waals surface area contributed by atoms with Gasteiger partial charge >= 0.3 is 5.97 Å². The Bertz CT molecular complexity index is 392. The van der Waals surface area contributed by atoms with E-state index in [1.165, 1.54) is 7.11 Å². The molecule has 2 heterocycles. The van der Waals surface area contributed by atoms with Crippen LogP contribution in [0.2, 0.25) is 0 Å². The van der Waals surface area contributed by atoms with Gasteiger partial charge in [-0.25, -0.2) is 4.98 Å². The lowest BCUT2D eigenvalue weighted by molar-refractivity contribution is -0.148. The molecule has 0 aliphatic carbocycles. The topological polar surface area (TPSA) is 42.4 Å². The lowest BCUT2D eigenvalue weighted by Crippen LogP contribution is -2.44. The van der Waals surface area contributed by atoms with E-state index in [9.17, 15) is 4.79 Å². The van der Waals surface area contributed by atoms with Gasteiger partial charge in [0.15, 0.2) is 0 Å². The summed E-state index contributed by atoms with van der Waals surface area (Å²) in [4.78, 5) is 18.3. The summed E-state index contributed by atoms with van der Waals surface area (Å²) in [5.74, 6) is -0.114. The number of methoxy groups -OCH3 is 1. The fourth-order valence-corrected chi connectivity index (χ4v) is 2.88. The van der Waals surface area contributed by atoms with Crippen molar-refractivity contribution in [2.75, 3.05) is 13.7 Å². The van der Waals surface area contributed by atoms with E-state index in [4.69, 9.17) is 4.74 Å². The fraction of sp³-hybridized carbons (Fsp3) is 0.667. The predicted octanol–water partition coefficient (Wildman–Crippen LogP) is 1.98. The number of hydrogen-bond acceptors (Lipinski definition) is 5. The summed E-state index contributed by atoms with van der Waals surface area (Å²) in [6.07, 6.45) is 3.15. The number of carbonyl (C=O) groups excluding carboxylic acids is 1. The van der Waals surface area contributed by atoms with E-state index < -0.39 is 0 Å². The van der Waals surface area contributed by atoms with Crippen LogP contribution in [-0.2, 0) is 16.1 Å². The molecule has 94 valence electrons. The van der Waals surface area contributed by atoms with Crippen LogP contribution in [0.15, 0.2) is 5.38 Å². The van der Waals surface area contributed by atoms with Crippen LogP contribution in [0.25, 0.3) is 0 Å². The van der Waals surface area contributed by atoms with Crippen molar-refractivity contribution in [3.8, 4) is 0 Å². The molecular weight excluding hydrogens is 236 g/mol. The number of carbonyl (C=O) groups is 1. The quantitative estimate of drug-likeness (QED) is 0.774. The minimum absolute atomic E-state index is 0.0873. The van der Waals surface area contributed by atoms with Crippen molar-refractivity contribution in [3.63, 3.8) is 0 Å². The average molecular weight is 254 g/mol. The van der Waals surface area contributed by atoms with Crippen molar-refractivity contribution in [1.29, 1.82) is 0 Å². The molecule has 0 amide bonds. The van der Waals surface area contributed by atoms with Gasteiger partial charge in [0.1, 0.15) is 6.04 Å². The molecule has 1 aliphatic rings. The third-order valence-corrected chi connectivity index (χ3v) is 3.94. The van der Waals surface area contributed by atoms with Crippen molar-refractivity contribution in [3.05, 3.63) is 16.1 Å². The zero-order chi connectivity index (χ0) is 12.3. The first kappa shape index (κ1) is 12.5. The van der Waals surface area contributed by atoms with E-state index in [1.54, 1.807) is 11.3 Å². The molecule has 0 saturated carbocycles. The zero-order valence-corrected chi connectivity index (χ0v) is 11.1. The van der Waals surface area contributed by atoms with Crippen molar-refractivity contribution in [1.82, 2.24) is 9.88 Å². The molecule has 0 N–H and O–H groups in total. The van der Waals surface area contributed by atoms with Gasteiger partial charge in [-0.05, 0) is 26.3 Å². The van der Waals surface area contributed by atoms with Crippen LogP contribution in [0, 0.1) is 6.92 Å². The maximum atomic E-state index is 11.7. The smallest absolute Gasteiger partial charge is 0.323 e. The van der Waals surface area contributed by atoms with Crippen LogP contribution < -0.4 is 0 Å². The van der Waals surface area contributed by atoms with Gasteiger partial charge in [0.25, 0.3) is 0 Å². The molecule has 0 radical (unpaired) electrons. The Morgan fingerprint density at radius 2 is 2.47 bits per heavy atom. The Labute approximate surface area is 106 Å². The summed E-state index contributed by atoms with van der Waals surface area (Å²) in [7, 11) is 1.46. The van der Waals surface area contributed by atoms with Crippen molar-refractivity contribution in [2.24, 2.45) is 0 Å². The molecule has 5 heteroatoms. The fourth-order valence-electron chi connectivity index (χ4n) is 2.27. The van der Waals surface area contributed by atoms with Gasteiger partial charge in [-0.3, -0.25) is 9.69 Å². The van der Waals surface area contributed by atoms with Gasteiger partial charge in [-0.2, -0.15) is 0 Å². The first-order valence-corrected chi connectivity index (χ1v) is 6.81. The Balaban J connectivity index is 2.03. The highest BCUT2D eigenvalue weighted by Crippen LogP contribution is 2.21. The Morgan fingerprint density at radius 1 is 1.65 bits per heavy atom. The molecule has 1 saturated heterocycles. The zero-order valence-electron chi connectivity index (χ0n) is 10.3. The predicted molar refractivity (Wildman–Crippen MR) is 66.9 cm³/mol.